The van der Waals surface area contributed by atoms with E-state index in [2.05, 4.69) is 31.2 Å². The van der Waals surface area contributed by atoms with Crippen LogP contribution in [-0.2, 0) is 6.42 Å². The molecule has 0 saturated heterocycles. The molecule has 0 radical (unpaired) electrons. The van der Waals surface area contributed by atoms with Crippen molar-refractivity contribution in [2.75, 3.05) is 7.11 Å². The predicted octanol–water partition coefficient (Wildman–Crippen LogP) is 3.78. The Morgan fingerprint density at radius 3 is 2.76 bits per heavy atom. The summed E-state index contributed by atoms with van der Waals surface area (Å²) in [7, 11) is 1.66. The number of fused-ring (bicyclic) bond motifs is 1. The molecule has 3 nitrogen and oxygen atoms in total. The summed E-state index contributed by atoms with van der Waals surface area (Å²) < 4.78 is 11.5. The standard InChI is InChI=1S/C18H21NO2/c1-3-12-6-4-5-7-14(12)18-11-16(19)15-9-8-13(20-2)10-17(15)21-18/h4-10,16,18H,3,11,19H2,1-2H3/t16-,18?/m1/s1. The third kappa shape index (κ3) is 2.61. The number of methoxy groups -OCH3 is 1. The number of hydrogen-bond donors (Lipinski definition) is 1. The molecule has 0 saturated carbocycles. The zero-order valence-electron chi connectivity index (χ0n) is 12.5. The smallest absolute Gasteiger partial charge is 0.128 e. The molecule has 0 aromatic heterocycles. The summed E-state index contributed by atoms with van der Waals surface area (Å²) in [6, 6.07) is 14.3. The maximum absolute atomic E-state index is 6.34. The molecule has 2 aromatic rings. The maximum atomic E-state index is 6.34. The molecule has 0 aliphatic carbocycles. The van der Waals surface area contributed by atoms with Gasteiger partial charge in [0.2, 0.25) is 0 Å². The highest BCUT2D eigenvalue weighted by molar-refractivity contribution is 5.45. The Morgan fingerprint density at radius 2 is 2.00 bits per heavy atom. The summed E-state index contributed by atoms with van der Waals surface area (Å²) >= 11 is 0. The van der Waals surface area contributed by atoms with Crippen molar-refractivity contribution >= 4 is 0 Å². The molecule has 21 heavy (non-hydrogen) atoms. The maximum Gasteiger partial charge on any atom is 0.128 e. The largest absolute Gasteiger partial charge is 0.497 e. The Bertz CT molecular complexity index is 639. The van der Waals surface area contributed by atoms with E-state index in [1.165, 1.54) is 11.1 Å². The van der Waals surface area contributed by atoms with Crippen LogP contribution in [0.4, 0.5) is 0 Å². The van der Waals surface area contributed by atoms with Gasteiger partial charge in [-0.2, -0.15) is 0 Å². The van der Waals surface area contributed by atoms with Crippen LogP contribution in [0.2, 0.25) is 0 Å². The van der Waals surface area contributed by atoms with E-state index in [1.807, 2.05) is 18.2 Å². The first-order valence-corrected chi connectivity index (χ1v) is 7.41. The molecule has 1 aliphatic heterocycles. The van der Waals surface area contributed by atoms with Crippen LogP contribution in [0, 0.1) is 0 Å². The fourth-order valence-electron chi connectivity index (χ4n) is 2.97. The second kappa shape index (κ2) is 5.78. The first kappa shape index (κ1) is 14.0. The van der Waals surface area contributed by atoms with E-state index < -0.39 is 0 Å². The van der Waals surface area contributed by atoms with Crippen LogP contribution in [-0.4, -0.2) is 7.11 Å². The Kier molecular flexibility index (Phi) is 3.84. The predicted molar refractivity (Wildman–Crippen MR) is 83.7 cm³/mol. The molecule has 0 amide bonds. The zero-order chi connectivity index (χ0) is 14.8. The minimum absolute atomic E-state index is 0.00503. The van der Waals surface area contributed by atoms with Gasteiger partial charge in [-0.25, -0.2) is 0 Å². The molecule has 0 spiro atoms. The van der Waals surface area contributed by atoms with E-state index in [0.717, 1.165) is 29.9 Å². The lowest BCUT2D eigenvalue weighted by atomic mass is 9.91. The molecule has 3 rings (SSSR count). The molecule has 2 atom stereocenters. The topological polar surface area (TPSA) is 44.5 Å². The normalized spacial score (nSPS) is 20.5. The second-order valence-corrected chi connectivity index (χ2v) is 5.40. The summed E-state index contributed by atoms with van der Waals surface area (Å²) in [4.78, 5) is 0. The molecular formula is C18H21NO2. The fourth-order valence-corrected chi connectivity index (χ4v) is 2.97. The number of benzene rings is 2. The van der Waals surface area contributed by atoms with E-state index >= 15 is 0 Å². The van der Waals surface area contributed by atoms with Crippen LogP contribution in [0.15, 0.2) is 42.5 Å². The monoisotopic (exact) mass is 283 g/mol. The van der Waals surface area contributed by atoms with E-state index in [0.29, 0.717) is 0 Å². The molecule has 3 heteroatoms. The highest BCUT2D eigenvalue weighted by Gasteiger charge is 2.28. The average Bonchev–Trinajstić information content (AvgIpc) is 2.54. The summed E-state index contributed by atoms with van der Waals surface area (Å²) in [6.45, 7) is 2.17. The fraction of sp³-hybridized carbons (Fsp3) is 0.333. The molecule has 1 aliphatic rings. The van der Waals surface area contributed by atoms with Gasteiger partial charge in [-0.3, -0.25) is 0 Å². The van der Waals surface area contributed by atoms with Crippen LogP contribution in [0.3, 0.4) is 0 Å². The van der Waals surface area contributed by atoms with Crippen molar-refractivity contribution in [3.63, 3.8) is 0 Å². The van der Waals surface area contributed by atoms with Gasteiger partial charge in [-0.05, 0) is 23.6 Å². The molecule has 110 valence electrons. The van der Waals surface area contributed by atoms with Crippen LogP contribution in [0.25, 0.3) is 0 Å². The third-order valence-electron chi connectivity index (χ3n) is 4.14. The van der Waals surface area contributed by atoms with E-state index in [-0.39, 0.29) is 12.1 Å². The SMILES string of the molecule is CCc1ccccc1C1C[C@@H](N)c2ccc(OC)cc2O1. The highest BCUT2D eigenvalue weighted by atomic mass is 16.5. The molecule has 0 fully saturated rings. The molecule has 2 aromatic carbocycles. The molecular weight excluding hydrogens is 262 g/mol. The van der Waals surface area contributed by atoms with Crippen molar-refractivity contribution in [1.82, 2.24) is 0 Å². The van der Waals surface area contributed by atoms with Crippen molar-refractivity contribution in [1.29, 1.82) is 0 Å². The van der Waals surface area contributed by atoms with Crippen molar-refractivity contribution in [2.45, 2.75) is 31.9 Å². The highest BCUT2D eigenvalue weighted by Crippen LogP contribution is 2.41. The van der Waals surface area contributed by atoms with Gasteiger partial charge in [0.05, 0.1) is 7.11 Å². The van der Waals surface area contributed by atoms with Crippen LogP contribution < -0.4 is 15.2 Å². The molecule has 2 N–H and O–H groups in total. The summed E-state index contributed by atoms with van der Waals surface area (Å²) in [5.41, 5.74) is 9.95. The van der Waals surface area contributed by atoms with Gasteiger partial charge in [-0.1, -0.05) is 37.3 Å². The van der Waals surface area contributed by atoms with Crippen molar-refractivity contribution in [3.05, 3.63) is 59.2 Å². The van der Waals surface area contributed by atoms with Gasteiger partial charge in [0.1, 0.15) is 17.6 Å². The zero-order valence-corrected chi connectivity index (χ0v) is 12.5. The van der Waals surface area contributed by atoms with Crippen molar-refractivity contribution < 1.29 is 9.47 Å². The number of hydrogen-bond acceptors (Lipinski definition) is 3. The second-order valence-electron chi connectivity index (χ2n) is 5.40. The van der Waals surface area contributed by atoms with E-state index in [4.69, 9.17) is 15.2 Å². The molecule has 0 bridgehead atoms. The Balaban J connectivity index is 1.97. The van der Waals surface area contributed by atoms with Gasteiger partial charge >= 0.3 is 0 Å². The number of nitrogens with two attached hydrogens (primary N) is 1. The van der Waals surface area contributed by atoms with Gasteiger partial charge in [0.25, 0.3) is 0 Å². The number of ether oxygens (including phenoxy) is 2. The number of rotatable bonds is 3. The van der Waals surface area contributed by atoms with Gasteiger partial charge in [0, 0.05) is 24.1 Å². The minimum atomic E-state index is -0.00503. The average molecular weight is 283 g/mol. The van der Waals surface area contributed by atoms with Crippen LogP contribution >= 0.6 is 0 Å². The Hall–Kier alpha value is -2.00. The third-order valence-corrected chi connectivity index (χ3v) is 4.14. The lowest BCUT2D eigenvalue weighted by Crippen LogP contribution is -2.24. The summed E-state index contributed by atoms with van der Waals surface area (Å²) in [5, 5.41) is 0. The quantitative estimate of drug-likeness (QED) is 0.932. The lowest BCUT2D eigenvalue weighted by molar-refractivity contribution is 0.160. The van der Waals surface area contributed by atoms with Crippen molar-refractivity contribution in [2.24, 2.45) is 5.73 Å². The van der Waals surface area contributed by atoms with Crippen molar-refractivity contribution in [3.8, 4) is 11.5 Å². The summed E-state index contributed by atoms with van der Waals surface area (Å²) in [6.07, 6.45) is 1.81. The first-order chi connectivity index (χ1) is 10.2. The lowest BCUT2D eigenvalue weighted by Gasteiger charge is -2.31. The minimum Gasteiger partial charge on any atom is -0.497 e. The van der Waals surface area contributed by atoms with Gasteiger partial charge in [-0.15, -0.1) is 0 Å². The Morgan fingerprint density at radius 1 is 1.19 bits per heavy atom. The van der Waals surface area contributed by atoms with E-state index in [9.17, 15) is 0 Å². The van der Waals surface area contributed by atoms with Crippen LogP contribution in [0.1, 0.15) is 42.2 Å². The summed E-state index contributed by atoms with van der Waals surface area (Å²) in [5.74, 6) is 1.63. The van der Waals surface area contributed by atoms with Crippen LogP contribution in [0.5, 0.6) is 11.5 Å². The first-order valence-electron chi connectivity index (χ1n) is 7.41. The Labute approximate surface area is 125 Å². The molecule has 1 heterocycles. The van der Waals surface area contributed by atoms with Gasteiger partial charge in [0.15, 0.2) is 0 Å². The number of aryl methyl sites for hydroxylation is 1. The van der Waals surface area contributed by atoms with Gasteiger partial charge < -0.3 is 15.2 Å². The van der Waals surface area contributed by atoms with E-state index in [1.54, 1.807) is 7.11 Å². The molecule has 1 unspecified atom stereocenters.